The first kappa shape index (κ1) is 15.7. The van der Waals surface area contributed by atoms with Crippen molar-refractivity contribution >= 4 is 11.6 Å². The maximum absolute atomic E-state index is 13.0. The number of carbonyl (C=O) groups excluding carboxylic acids is 2. The van der Waals surface area contributed by atoms with Crippen molar-refractivity contribution in [2.24, 2.45) is 5.92 Å². The van der Waals surface area contributed by atoms with Crippen molar-refractivity contribution in [2.75, 3.05) is 0 Å². The minimum atomic E-state index is -0.682. The third kappa shape index (κ3) is 2.99. The number of hydrogen-bond donors (Lipinski definition) is 0. The van der Waals surface area contributed by atoms with Crippen LogP contribution < -0.4 is 0 Å². The zero-order chi connectivity index (χ0) is 17.4. The highest BCUT2D eigenvalue weighted by atomic mass is 19.1. The van der Waals surface area contributed by atoms with Crippen LogP contribution in [-0.4, -0.2) is 27.2 Å². The highest BCUT2D eigenvalue weighted by Crippen LogP contribution is 2.28. The van der Waals surface area contributed by atoms with Crippen molar-refractivity contribution in [1.82, 2.24) is 9.55 Å². The van der Waals surface area contributed by atoms with Gasteiger partial charge in [-0.15, -0.1) is 0 Å². The van der Waals surface area contributed by atoms with Crippen LogP contribution in [0.1, 0.15) is 29.0 Å². The van der Waals surface area contributed by atoms with Crippen LogP contribution in [0, 0.1) is 11.7 Å². The number of nitrogens with zero attached hydrogens (tertiary/aromatic N) is 2. The first-order valence-electron chi connectivity index (χ1n) is 8.31. The lowest BCUT2D eigenvalue weighted by Gasteiger charge is -2.23. The summed E-state index contributed by atoms with van der Waals surface area (Å²) in [5.41, 5.74) is 0.913. The van der Waals surface area contributed by atoms with Gasteiger partial charge < -0.3 is 9.30 Å². The number of hydrogen-bond acceptors (Lipinski definition) is 4. The third-order valence-corrected chi connectivity index (χ3v) is 4.72. The van der Waals surface area contributed by atoms with Gasteiger partial charge in [-0.25, -0.2) is 9.37 Å². The lowest BCUT2D eigenvalue weighted by molar-refractivity contribution is -0.130. The lowest BCUT2D eigenvalue weighted by Crippen LogP contribution is -2.38. The van der Waals surface area contributed by atoms with Crippen LogP contribution >= 0.6 is 0 Å². The molecule has 0 N–H and O–H groups in total. The molecule has 2 aliphatic heterocycles. The molecule has 0 bridgehead atoms. The molecule has 0 aliphatic carbocycles. The van der Waals surface area contributed by atoms with Crippen LogP contribution in [0.3, 0.4) is 0 Å². The van der Waals surface area contributed by atoms with Crippen molar-refractivity contribution < 1.29 is 18.7 Å². The van der Waals surface area contributed by atoms with Gasteiger partial charge in [-0.3, -0.25) is 9.59 Å². The van der Waals surface area contributed by atoms with E-state index in [2.05, 4.69) is 4.98 Å². The molecule has 6 heteroatoms. The number of imidazole rings is 1. The zero-order valence-electron chi connectivity index (χ0n) is 13.5. The van der Waals surface area contributed by atoms with Crippen molar-refractivity contribution in [1.29, 1.82) is 0 Å². The molecule has 25 heavy (non-hydrogen) atoms. The predicted molar refractivity (Wildman–Crippen MR) is 87.3 cm³/mol. The molecule has 0 amide bonds. The summed E-state index contributed by atoms with van der Waals surface area (Å²) < 4.78 is 20.5. The normalized spacial score (nSPS) is 22.3. The molecular formula is C19H17FN2O3. The summed E-state index contributed by atoms with van der Waals surface area (Å²) in [5, 5.41) is 0. The molecule has 0 spiro atoms. The highest BCUT2D eigenvalue weighted by Gasteiger charge is 2.39. The van der Waals surface area contributed by atoms with Gasteiger partial charge in [-0.1, -0.05) is 12.1 Å². The molecule has 0 radical (unpaired) electrons. The summed E-state index contributed by atoms with van der Waals surface area (Å²) >= 11 is 0. The Morgan fingerprint density at radius 2 is 2.12 bits per heavy atom. The molecule has 3 heterocycles. The summed E-state index contributed by atoms with van der Waals surface area (Å²) in [6.45, 7) is 0.611. The summed E-state index contributed by atoms with van der Waals surface area (Å²) in [6.07, 6.45) is 6.04. The van der Waals surface area contributed by atoms with Gasteiger partial charge in [0.25, 0.3) is 0 Å². The van der Waals surface area contributed by atoms with E-state index in [1.165, 1.54) is 12.1 Å². The van der Waals surface area contributed by atoms with Gasteiger partial charge in [0.2, 0.25) is 5.78 Å². The van der Waals surface area contributed by atoms with E-state index in [-0.39, 0.29) is 17.4 Å². The van der Waals surface area contributed by atoms with E-state index in [1.54, 1.807) is 29.1 Å². The smallest absolute Gasteiger partial charge is 0.208 e. The fourth-order valence-corrected chi connectivity index (χ4v) is 3.37. The lowest BCUT2D eigenvalue weighted by atomic mass is 9.88. The maximum Gasteiger partial charge on any atom is 0.208 e. The van der Waals surface area contributed by atoms with Crippen LogP contribution in [0.5, 0.6) is 0 Å². The minimum Gasteiger partial charge on any atom is -0.487 e. The quantitative estimate of drug-likeness (QED) is 0.803. The zero-order valence-corrected chi connectivity index (χ0v) is 13.5. The van der Waals surface area contributed by atoms with Crippen molar-refractivity contribution in [3.8, 4) is 0 Å². The second kappa shape index (κ2) is 6.27. The molecule has 0 saturated carbocycles. The Morgan fingerprint density at radius 1 is 1.32 bits per heavy atom. The number of carbonyl (C=O) groups is 2. The first-order valence-corrected chi connectivity index (χ1v) is 8.31. The largest absolute Gasteiger partial charge is 0.487 e. The van der Waals surface area contributed by atoms with Gasteiger partial charge in [0.05, 0.1) is 11.7 Å². The van der Waals surface area contributed by atoms with Gasteiger partial charge >= 0.3 is 0 Å². The van der Waals surface area contributed by atoms with Gasteiger partial charge in [0.15, 0.2) is 17.7 Å². The molecule has 5 nitrogen and oxygen atoms in total. The molecule has 2 atom stereocenters. The third-order valence-electron chi connectivity index (χ3n) is 4.72. The van der Waals surface area contributed by atoms with Gasteiger partial charge in [0.1, 0.15) is 5.82 Å². The summed E-state index contributed by atoms with van der Waals surface area (Å²) in [5.74, 6) is -0.330. The van der Waals surface area contributed by atoms with E-state index in [1.807, 2.05) is 6.08 Å². The Labute approximate surface area is 144 Å². The molecule has 1 aromatic carbocycles. The first-order chi connectivity index (χ1) is 12.1. The standard InChI is InChI=1S/C19H17FN2O3/c20-13-3-1-12(2-4-13)11-14-5-6-16(25-14)17(23)15-7-9-22-10-8-21-19(22)18(15)24/h1-5,8,10,15-16H,6-7,9,11H2. The molecule has 0 saturated heterocycles. The number of aryl methyl sites for hydroxylation is 1. The van der Waals surface area contributed by atoms with Crippen molar-refractivity contribution in [3.63, 3.8) is 0 Å². The predicted octanol–water partition coefficient (Wildman–Crippen LogP) is 2.71. The van der Waals surface area contributed by atoms with Crippen LogP contribution in [0.2, 0.25) is 0 Å². The Morgan fingerprint density at radius 3 is 2.92 bits per heavy atom. The monoisotopic (exact) mass is 340 g/mol. The van der Waals surface area contributed by atoms with Gasteiger partial charge in [0, 0.05) is 31.8 Å². The Hall–Kier alpha value is -2.76. The number of ketones is 2. The van der Waals surface area contributed by atoms with E-state index in [4.69, 9.17) is 4.74 Å². The van der Waals surface area contributed by atoms with Crippen LogP contribution in [-0.2, 0) is 22.5 Å². The van der Waals surface area contributed by atoms with E-state index in [0.717, 1.165) is 5.56 Å². The van der Waals surface area contributed by atoms with Gasteiger partial charge in [-0.2, -0.15) is 0 Å². The summed E-state index contributed by atoms with van der Waals surface area (Å²) in [4.78, 5) is 29.2. The molecule has 128 valence electrons. The van der Waals surface area contributed by atoms with Crippen molar-refractivity contribution in [2.45, 2.75) is 31.9 Å². The van der Waals surface area contributed by atoms with E-state index in [9.17, 15) is 14.0 Å². The molecule has 2 aromatic rings. The van der Waals surface area contributed by atoms with Crippen molar-refractivity contribution in [3.05, 3.63) is 65.7 Å². The SMILES string of the molecule is O=C1c2nccn2CCC1C(=O)C1CC=C(Cc2ccc(F)cc2)O1. The number of Topliss-reactive ketones (excluding diaryl/α,β-unsaturated/α-hetero) is 2. The fraction of sp³-hybridized carbons (Fsp3) is 0.316. The Bertz CT molecular complexity index is 854. The highest BCUT2D eigenvalue weighted by molar-refractivity contribution is 6.11. The Kier molecular flexibility index (Phi) is 3.95. The number of fused-ring (bicyclic) bond motifs is 1. The number of benzene rings is 1. The summed E-state index contributed by atoms with van der Waals surface area (Å²) in [6, 6.07) is 6.19. The van der Waals surface area contributed by atoms with E-state index < -0.39 is 12.0 Å². The Balaban J connectivity index is 1.40. The molecular weight excluding hydrogens is 323 g/mol. The van der Waals surface area contributed by atoms with Crippen LogP contribution in [0.15, 0.2) is 48.5 Å². The van der Waals surface area contributed by atoms with Crippen LogP contribution in [0.4, 0.5) is 4.39 Å². The minimum absolute atomic E-state index is 0.176. The number of halogens is 1. The average Bonchev–Trinajstić information content (AvgIpc) is 3.26. The number of aromatic nitrogens is 2. The molecule has 1 aromatic heterocycles. The fourth-order valence-electron chi connectivity index (χ4n) is 3.37. The molecule has 2 aliphatic rings. The second-order valence-corrected chi connectivity index (χ2v) is 6.37. The van der Waals surface area contributed by atoms with E-state index >= 15 is 0 Å². The average molecular weight is 340 g/mol. The summed E-state index contributed by atoms with van der Waals surface area (Å²) in [7, 11) is 0. The van der Waals surface area contributed by atoms with Crippen LogP contribution in [0.25, 0.3) is 0 Å². The van der Waals surface area contributed by atoms with Gasteiger partial charge in [-0.05, 0) is 30.2 Å². The van der Waals surface area contributed by atoms with E-state index in [0.29, 0.717) is 37.4 Å². The number of ether oxygens (including phenoxy) is 1. The molecule has 4 rings (SSSR count). The number of rotatable bonds is 4. The second-order valence-electron chi connectivity index (χ2n) is 6.37. The topological polar surface area (TPSA) is 61.2 Å². The molecule has 2 unspecified atom stereocenters. The molecule has 0 fully saturated rings. The maximum atomic E-state index is 13.0. The number of allylic oxidation sites excluding steroid dienone is 1.